The molecule has 0 atom stereocenters. The zero-order valence-electron chi connectivity index (χ0n) is 9.86. The van der Waals surface area contributed by atoms with Crippen LogP contribution in [-0.4, -0.2) is 19.3 Å². The third-order valence-electron chi connectivity index (χ3n) is 2.53. The van der Waals surface area contributed by atoms with E-state index in [1.807, 2.05) is 43.3 Å². The van der Waals surface area contributed by atoms with Crippen LogP contribution in [0, 0.1) is 0 Å². The van der Waals surface area contributed by atoms with Gasteiger partial charge in [0.25, 0.3) is 0 Å². The van der Waals surface area contributed by atoms with E-state index < -0.39 is 5.63 Å². The van der Waals surface area contributed by atoms with Crippen molar-refractivity contribution in [2.24, 2.45) is 0 Å². The average molecular weight is 230 g/mol. The summed E-state index contributed by atoms with van der Waals surface area (Å²) in [4.78, 5) is 13.4. The first-order valence-electron chi connectivity index (χ1n) is 5.23. The highest BCUT2D eigenvalue weighted by atomic mass is 16.5. The molecular weight excluding hydrogens is 216 g/mol. The SMILES string of the molecule is C=c1[nH]oc(=O)c1=Cc1ccc(N(C)C)cc1. The average Bonchev–Trinajstić information content (AvgIpc) is 2.61. The molecule has 0 aliphatic heterocycles. The van der Waals surface area contributed by atoms with Crippen LogP contribution >= 0.6 is 0 Å². The van der Waals surface area contributed by atoms with Crippen molar-refractivity contribution in [1.82, 2.24) is 5.16 Å². The monoisotopic (exact) mass is 230 g/mol. The summed E-state index contributed by atoms with van der Waals surface area (Å²) >= 11 is 0. The van der Waals surface area contributed by atoms with Gasteiger partial charge in [0, 0.05) is 19.8 Å². The number of benzene rings is 1. The van der Waals surface area contributed by atoms with E-state index in [9.17, 15) is 4.79 Å². The van der Waals surface area contributed by atoms with E-state index in [-0.39, 0.29) is 0 Å². The van der Waals surface area contributed by atoms with Crippen molar-refractivity contribution in [3.63, 3.8) is 0 Å². The van der Waals surface area contributed by atoms with Crippen LogP contribution in [0.2, 0.25) is 0 Å². The van der Waals surface area contributed by atoms with Crippen molar-refractivity contribution in [2.45, 2.75) is 0 Å². The minimum absolute atomic E-state index is 0.397. The van der Waals surface area contributed by atoms with Gasteiger partial charge in [-0.3, -0.25) is 0 Å². The highest BCUT2D eigenvalue weighted by molar-refractivity contribution is 5.55. The van der Waals surface area contributed by atoms with Gasteiger partial charge in [-0.2, -0.15) is 0 Å². The molecule has 1 heterocycles. The first kappa shape index (κ1) is 11.3. The smallest absolute Gasteiger partial charge is 0.365 e. The summed E-state index contributed by atoms with van der Waals surface area (Å²) in [5.74, 6) is 0. The van der Waals surface area contributed by atoms with Crippen molar-refractivity contribution in [3.05, 3.63) is 50.8 Å². The summed E-state index contributed by atoms with van der Waals surface area (Å²) in [7, 11) is 3.96. The standard InChI is InChI=1S/C13H14N2O2/c1-9-12(13(16)17-14-9)8-10-4-6-11(7-5-10)15(2)3/h4-8,14H,1H2,2-3H3. The Morgan fingerprint density at radius 1 is 1.29 bits per heavy atom. The summed E-state index contributed by atoms with van der Waals surface area (Å²) in [6, 6.07) is 7.87. The number of aromatic nitrogens is 1. The van der Waals surface area contributed by atoms with Crippen LogP contribution in [0.1, 0.15) is 5.56 Å². The molecule has 17 heavy (non-hydrogen) atoms. The molecule has 1 N–H and O–H groups in total. The molecule has 0 fully saturated rings. The molecule has 1 aromatic heterocycles. The Labute approximate surface area is 98.5 Å². The van der Waals surface area contributed by atoms with Crippen LogP contribution in [0.25, 0.3) is 12.7 Å². The maximum Gasteiger partial charge on any atom is 0.365 e. The molecule has 0 spiro atoms. The minimum Gasteiger partial charge on any atom is -0.378 e. The molecule has 0 amide bonds. The quantitative estimate of drug-likeness (QED) is 0.805. The Hall–Kier alpha value is -2.23. The number of H-pyrrole nitrogens is 1. The molecule has 4 heteroatoms. The van der Waals surface area contributed by atoms with Crippen molar-refractivity contribution < 1.29 is 4.52 Å². The van der Waals surface area contributed by atoms with E-state index in [2.05, 4.69) is 16.3 Å². The molecule has 2 rings (SSSR count). The number of rotatable bonds is 2. The number of nitrogens with one attached hydrogen (secondary N) is 1. The molecule has 0 saturated heterocycles. The predicted octanol–water partition coefficient (Wildman–Crippen LogP) is 0.273. The number of hydrogen-bond acceptors (Lipinski definition) is 3. The van der Waals surface area contributed by atoms with Crippen LogP contribution in [0.4, 0.5) is 5.69 Å². The number of hydrogen-bond donors (Lipinski definition) is 1. The highest BCUT2D eigenvalue weighted by Gasteiger charge is 1.97. The third kappa shape index (κ3) is 2.30. The summed E-state index contributed by atoms with van der Waals surface area (Å²) in [6.07, 6.45) is 1.75. The van der Waals surface area contributed by atoms with Crippen LogP contribution in [0.15, 0.2) is 33.6 Å². The lowest BCUT2D eigenvalue weighted by atomic mass is 10.1. The fraction of sp³-hybridized carbons (Fsp3) is 0.154. The molecule has 0 unspecified atom stereocenters. The van der Waals surface area contributed by atoms with E-state index in [1.54, 1.807) is 6.08 Å². The van der Waals surface area contributed by atoms with Gasteiger partial charge in [0.15, 0.2) is 0 Å². The Kier molecular flexibility index (Phi) is 2.87. The lowest BCUT2D eigenvalue weighted by molar-refractivity contribution is 0.386. The maximum absolute atomic E-state index is 11.3. The third-order valence-corrected chi connectivity index (χ3v) is 2.53. The molecule has 0 saturated carbocycles. The van der Waals surface area contributed by atoms with Gasteiger partial charge >= 0.3 is 5.63 Å². The van der Waals surface area contributed by atoms with E-state index in [1.165, 1.54) is 0 Å². The second-order valence-corrected chi connectivity index (χ2v) is 4.01. The molecule has 2 aromatic rings. The molecule has 4 nitrogen and oxygen atoms in total. The zero-order valence-corrected chi connectivity index (χ0v) is 9.86. The van der Waals surface area contributed by atoms with Gasteiger partial charge in [-0.1, -0.05) is 18.7 Å². The normalized spacial score (nSPS) is 11.8. The minimum atomic E-state index is -0.397. The Morgan fingerprint density at radius 3 is 2.41 bits per heavy atom. The van der Waals surface area contributed by atoms with Gasteiger partial charge in [0.05, 0.1) is 10.6 Å². The largest absolute Gasteiger partial charge is 0.378 e. The van der Waals surface area contributed by atoms with Crippen LogP contribution in [0.3, 0.4) is 0 Å². The van der Waals surface area contributed by atoms with Gasteiger partial charge in [-0.05, 0) is 23.8 Å². The van der Waals surface area contributed by atoms with Gasteiger partial charge in [-0.25, -0.2) is 9.95 Å². The maximum atomic E-state index is 11.3. The molecule has 0 aliphatic carbocycles. The van der Waals surface area contributed by atoms with Crippen molar-refractivity contribution in [3.8, 4) is 0 Å². The summed E-state index contributed by atoms with van der Waals surface area (Å²) in [5.41, 5.74) is 1.65. The van der Waals surface area contributed by atoms with Gasteiger partial charge in [0.2, 0.25) is 0 Å². The predicted molar refractivity (Wildman–Crippen MR) is 68.4 cm³/mol. The van der Waals surface area contributed by atoms with Crippen LogP contribution < -0.4 is 21.1 Å². The first-order valence-corrected chi connectivity index (χ1v) is 5.23. The number of anilines is 1. The summed E-state index contributed by atoms with van der Waals surface area (Å²) in [5, 5.41) is 3.40. The Morgan fingerprint density at radius 2 is 1.94 bits per heavy atom. The van der Waals surface area contributed by atoms with Gasteiger partial charge in [0.1, 0.15) is 0 Å². The van der Waals surface area contributed by atoms with Crippen molar-refractivity contribution in [2.75, 3.05) is 19.0 Å². The summed E-state index contributed by atoms with van der Waals surface area (Å²) in [6.45, 7) is 3.69. The molecule has 88 valence electrons. The first-order chi connectivity index (χ1) is 8.08. The summed E-state index contributed by atoms with van der Waals surface area (Å²) < 4.78 is 4.65. The highest BCUT2D eigenvalue weighted by Crippen LogP contribution is 2.12. The molecule has 1 aromatic carbocycles. The molecule has 0 aliphatic rings. The zero-order chi connectivity index (χ0) is 12.4. The van der Waals surface area contributed by atoms with Gasteiger partial charge in [-0.15, -0.1) is 0 Å². The second kappa shape index (κ2) is 4.33. The van der Waals surface area contributed by atoms with E-state index in [0.717, 1.165) is 11.3 Å². The Bertz CT molecular complexity index is 632. The molecule has 0 bridgehead atoms. The number of aromatic amines is 1. The lowest BCUT2D eigenvalue weighted by Gasteiger charge is -2.11. The van der Waals surface area contributed by atoms with Crippen molar-refractivity contribution >= 4 is 18.3 Å². The Balaban J connectivity index is 2.47. The van der Waals surface area contributed by atoms with Crippen molar-refractivity contribution in [1.29, 1.82) is 0 Å². The van der Waals surface area contributed by atoms with E-state index in [0.29, 0.717) is 10.6 Å². The van der Waals surface area contributed by atoms with Crippen LogP contribution in [-0.2, 0) is 0 Å². The second-order valence-electron chi connectivity index (χ2n) is 4.01. The van der Waals surface area contributed by atoms with E-state index >= 15 is 0 Å². The fourth-order valence-electron chi connectivity index (χ4n) is 1.52. The van der Waals surface area contributed by atoms with Gasteiger partial charge < -0.3 is 9.42 Å². The number of nitrogens with zero attached hydrogens (tertiary/aromatic N) is 1. The fourth-order valence-corrected chi connectivity index (χ4v) is 1.52. The topological polar surface area (TPSA) is 49.2 Å². The van der Waals surface area contributed by atoms with Crippen LogP contribution in [0.5, 0.6) is 0 Å². The molecular formula is C13H14N2O2. The lowest BCUT2D eigenvalue weighted by Crippen LogP contribution is -2.31. The molecule has 0 radical (unpaired) electrons. The van der Waals surface area contributed by atoms with E-state index in [4.69, 9.17) is 0 Å².